The Morgan fingerprint density at radius 2 is 1.77 bits per heavy atom. The molecule has 0 amide bonds. The van der Waals surface area contributed by atoms with Crippen LogP contribution in [-0.4, -0.2) is 39.4 Å². The van der Waals surface area contributed by atoms with Crippen LogP contribution < -0.4 is 5.73 Å². The maximum Gasteiger partial charge on any atom is 0.320 e. The van der Waals surface area contributed by atoms with E-state index in [-0.39, 0.29) is 19.3 Å². The molecule has 6 heteroatoms. The molecule has 0 heterocycles. The van der Waals surface area contributed by atoms with Gasteiger partial charge in [-0.2, -0.15) is 0 Å². The third kappa shape index (κ3) is 6.06. The van der Waals surface area contributed by atoms with Crippen molar-refractivity contribution in [1.29, 1.82) is 0 Å². The van der Waals surface area contributed by atoms with Crippen molar-refractivity contribution in [2.45, 2.75) is 31.4 Å². The van der Waals surface area contributed by atoms with Crippen LogP contribution in [-0.2, 0) is 9.59 Å². The van der Waals surface area contributed by atoms with Crippen LogP contribution in [0.25, 0.3) is 0 Å². The summed E-state index contributed by atoms with van der Waals surface area (Å²) in [6, 6.07) is -1.04. The number of carbonyl (C=O) groups is 2. The van der Waals surface area contributed by atoms with Gasteiger partial charge in [-0.05, 0) is 12.8 Å². The average Bonchev–Trinajstić information content (AvgIpc) is 1.98. The Hall–Kier alpha value is -1.14. The highest BCUT2D eigenvalue weighted by molar-refractivity contribution is 5.73. The summed E-state index contributed by atoms with van der Waals surface area (Å²) in [6.07, 6.45) is -1.25. The van der Waals surface area contributed by atoms with E-state index in [2.05, 4.69) is 0 Å². The maximum absolute atomic E-state index is 10.2. The summed E-state index contributed by atoms with van der Waals surface area (Å²) in [6.45, 7) is 0. The van der Waals surface area contributed by atoms with E-state index in [1.165, 1.54) is 0 Å². The van der Waals surface area contributed by atoms with Gasteiger partial charge in [0.25, 0.3) is 0 Å². The summed E-state index contributed by atoms with van der Waals surface area (Å²) in [5.74, 6) is -2.26. The summed E-state index contributed by atoms with van der Waals surface area (Å²) in [5, 5.41) is 25.6. The molecule has 0 saturated heterocycles. The van der Waals surface area contributed by atoms with Gasteiger partial charge < -0.3 is 21.1 Å². The number of carboxylic acids is 2. The molecular weight excluding hydrogens is 178 g/mol. The number of aliphatic carboxylic acids is 2. The second kappa shape index (κ2) is 5.50. The molecule has 0 saturated carbocycles. The standard InChI is InChI=1S/C7H13NO5/c8-5(7(12)13)2-1-4(9)3-6(10)11/h4-5,9H,1-3,8H2,(H,10,11)(H,12,13). The molecule has 13 heavy (non-hydrogen) atoms. The maximum atomic E-state index is 10.2. The second-order valence-electron chi connectivity index (χ2n) is 2.77. The van der Waals surface area contributed by atoms with Crippen molar-refractivity contribution >= 4 is 11.9 Å². The molecule has 0 aliphatic heterocycles. The van der Waals surface area contributed by atoms with Crippen LogP contribution in [0.1, 0.15) is 19.3 Å². The summed E-state index contributed by atoms with van der Waals surface area (Å²) >= 11 is 0. The monoisotopic (exact) mass is 191 g/mol. The zero-order chi connectivity index (χ0) is 10.4. The van der Waals surface area contributed by atoms with Crippen molar-refractivity contribution in [3.8, 4) is 0 Å². The quantitative estimate of drug-likeness (QED) is 0.428. The van der Waals surface area contributed by atoms with Gasteiger partial charge in [0.15, 0.2) is 0 Å². The minimum absolute atomic E-state index is 0.0732. The van der Waals surface area contributed by atoms with Crippen LogP contribution in [0, 0.1) is 0 Å². The third-order valence-electron chi connectivity index (χ3n) is 1.54. The SMILES string of the molecule is NC(CCC(O)CC(=O)O)C(=O)O. The van der Waals surface area contributed by atoms with Crippen LogP contribution in [0.4, 0.5) is 0 Å². The molecule has 0 bridgehead atoms. The fourth-order valence-electron chi connectivity index (χ4n) is 0.799. The first-order valence-corrected chi connectivity index (χ1v) is 3.81. The lowest BCUT2D eigenvalue weighted by Gasteiger charge is -2.09. The number of rotatable bonds is 6. The second-order valence-corrected chi connectivity index (χ2v) is 2.77. The van der Waals surface area contributed by atoms with Crippen LogP contribution in [0.5, 0.6) is 0 Å². The van der Waals surface area contributed by atoms with Gasteiger partial charge in [-0.15, -0.1) is 0 Å². The van der Waals surface area contributed by atoms with Gasteiger partial charge in [-0.25, -0.2) is 0 Å². The van der Waals surface area contributed by atoms with E-state index in [1.54, 1.807) is 0 Å². The number of carboxylic acid groups (broad SMARTS) is 2. The highest BCUT2D eigenvalue weighted by Gasteiger charge is 2.15. The lowest BCUT2D eigenvalue weighted by atomic mass is 10.1. The van der Waals surface area contributed by atoms with E-state index in [0.717, 1.165) is 0 Å². The molecule has 0 aromatic carbocycles. The molecule has 0 aromatic heterocycles. The van der Waals surface area contributed by atoms with Crippen molar-refractivity contribution in [3.05, 3.63) is 0 Å². The van der Waals surface area contributed by atoms with Crippen LogP contribution in [0.3, 0.4) is 0 Å². The topological polar surface area (TPSA) is 121 Å². The summed E-state index contributed by atoms with van der Waals surface area (Å²) in [4.78, 5) is 20.3. The molecule has 0 aromatic rings. The van der Waals surface area contributed by atoms with E-state index in [0.29, 0.717) is 0 Å². The average molecular weight is 191 g/mol. The Balaban J connectivity index is 3.63. The molecule has 6 nitrogen and oxygen atoms in total. The number of hydrogen-bond acceptors (Lipinski definition) is 4. The molecule has 0 radical (unpaired) electrons. The molecular formula is C7H13NO5. The third-order valence-corrected chi connectivity index (χ3v) is 1.54. The fraction of sp³-hybridized carbons (Fsp3) is 0.714. The van der Waals surface area contributed by atoms with Crippen LogP contribution in [0.15, 0.2) is 0 Å². The van der Waals surface area contributed by atoms with E-state index in [4.69, 9.17) is 21.1 Å². The lowest BCUT2D eigenvalue weighted by Crippen LogP contribution is -2.31. The molecule has 0 aliphatic carbocycles. The fourth-order valence-corrected chi connectivity index (χ4v) is 0.799. The van der Waals surface area contributed by atoms with Gasteiger partial charge in [0, 0.05) is 0 Å². The Labute approximate surface area is 75.0 Å². The predicted molar refractivity (Wildman–Crippen MR) is 43.1 cm³/mol. The first kappa shape index (κ1) is 11.9. The lowest BCUT2D eigenvalue weighted by molar-refractivity contribution is -0.139. The first-order valence-electron chi connectivity index (χ1n) is 3.81. The predicted octanol–water partition coefficient (Wildman–Crippen LogP) is -0.986. The smallest absolute Gasteiger partial charge is 0.320 e. The Morgan fingerprint density at radius 1 is 1.23 bits per heavy atom. The van der Waals surface area contributed by atoms with Crippen LogP contribution in [0.2, 0.25) is 0 Å². The molecule has 0 rings (SSSR count). The number of aliphatic hydroxyl groups excluding tert-OH is 1. The first-order chi connectivity index (χ1) is 5.93. The van der Waals surface area contributed by atoms with Gasteiger partial charge in [-0.3, -0.25) is 9.59 Å². The van der Waals surface area contributed by atoms with Gasteiger partial charge in [0.1, 0.15) is 6.04 Å². The highest BCUT2D eigenvalue weighted by atomic mass is 16.4. The van der Waals surface area contributed by atoms with Gasteiger partial charge in [0.2, 0.25) is 0 Å². The molecule has 76 valence electrons. The molecule has 0 fully saturated rings. The number of hydrogen-bond donors (Lipinski definition) is 4. The minimum atomic E-state index is -1.15. The summed E-state index contributed by atoms with van der Waals surface area (Å²) in [7, 11) is 0. The Bertz CT molecular complexity index is 193. The van der Waals surface area contributed by atoms with Crippen molar-refractivity contribution < 1.29 is 24.9 Å². The highest BCUT2D eigenvalue weighted by Crippen LogP contribution is 2.03. The number of aliphatic hydroxyl groups is 1. The molecule has 0 spiro atoms. The minimum Gasteiger partial charge on any atom is -0.481 e. The van der Waals surface area contributed by atoms with Crippen molar-refractivity contribution in [2.24, 2.45) is 5.73 Å². The number of nitrogens with two attached hydrogens (primary N) is 1. The van der Waals surface area contributed by atoms with Crippen molar-refractivity contribution in [2.75, 3.05) is 0 Å². The molecule has 0 aliphatic rings. The van der Waals surface area contributed by atoms with E-state index >= 15 is 0 Å². The van der Waals surface area contributed by atoms with Gasteiger partial charge >= 0.3 is 11.9 Å². The summed E-state index contributed by atoms with van der Waals surface area (Å²) in [5.41, 5.74) is 5.14. The van der Waals surface area contributed by atoms with Gasteiger partial charge in [-0.1, -0.05) is 0 Å². The van der Waals surface area contributed by atoms with Crippen LogP contribution >= 0.6 is 0 Å². The Morgan fingerprint density at radius 3 is 2.15 bits per heavy atom. The van der Waals surface area contributed by atoms with E-state index in [1.807, 2.05) is 0 Å². The zero-order valence-corrected chi connectivity index (χ0v) is 7.01. The van der Waals surface area contributed by atoms with E-state index in [9.17, 15) is 9.59 Å². The molecule has 2 atom stereocenters. The largest absolute Gasteiger partial charge is 0.481 e. The van der Waals surface area contributed by atoms with Crippen molar-refractivity contribution in [3.63, 3.8) is 0 Å². The zero-order valence-electron chi connectivity index (χ0n) is 7.01. The summed E-state index contributed by atoms with van der Waals surface area (Å²) < 4.78 is 0. The van der Waals surface area contributed by atoms with E-state index < -0.39 is 24.1 Å². The molecule has 5 N–H and O–H groups in total. The van der Waals surface area contributed by atoms with Crippen molar-refractivity contribution in [1.82, 2.24) is 0 Å². The molecule has 2 unspecified atom stereocenters. The normalized spacial score (nSPS) is 14.9. The Kier molecular flexibility index (Phi) is 5.01. The van der Waals surface area contributed by atoms with Gasteiger partial charge in [0.05, 0.1) is 12.5 Å².